The van der Waals surface area contributed by atoms with E-state index in [0.29, 0.717) is 11.7 Å². The summed E-state index contributed by atoms with van der Waals surface area (Å²) >= 11 is 6.15. The first-order chi connectivity index (χ1) is 8.74. The Morgan fingerprint density at radius 2 is 2.28 bits per heavy atom. The van der Waals surface area contributed by atoms with Crippen molar-refractivity contribution >= 4 is 23.8 Å². The summed E-state index contributed by atoms with van der Waals surface area (Å²) in [5.41, 5.74) is 4.44. The van der Waals surface area contributed by atoms with Crippen molar-refractivity contribution in [1.29, 1.82) is 0 Å². The van der Waals surface area contributed by atoms with Crippen LogP contribution in [0.3, 0.4) is 0 Å². The van der Waals surface area contributed by atoms with Gasteiger partial charge in [-0.05, 0) is 19.1 Å². The minimum atomic E-state index is 0.558. The number of benzene rings is 1. The molecule has 0 spiro atoms. The van der Waals surface area contributed by atoms with Gasteiger partial charge in [-0.3, -0.25) is 4.57 Å². The molecule has 0 fully saturated rings. The number of imidazole rings is 1. The SMILES string of the molecule is Cc1ccc2c(c1)C1=[N+](C=N1)Cc1c(Cl)ncn1-2. The van der Waals surface area contributed by atoms with Crippen molar-refractivity contribution in [3.8, 4) is 5.69 Å². The fourth-order valence-electron chi connectivity index (χ4n) is 2.44. The van der Waals surface area contributed by atoms with Gasteiger partial charge in [0.15, 0.2) is 5.15 Å². The van der Waals surface area contributed by atoms with E-state index in [0.717, 1.165) is 22.8 Å². The number of aromatic nitrogens is 2. The monoisotopic (exact) mass is 257 g/mol. The predicted octanol–water partition coefficient (Wildman–Crippen LogP) is 2.15. The van der Waals surface area contributed by atoms with Crippen LogP contribution in [0.5, 0.6) is 0 Å². The van der Waals surface area contributed by atoms with E-state index in [1.165, 1.54) is 5.56 Å². The van der Waals surface area contributed by atoms with E-state index in [1.807, 2.05) is 10.9 Å². The number of nitrogens with zero attached hydrogens (tertiary/aromatic N) is 4. The van der Waals surface area contributed by atoms with Crippen molar-refractivity contribution < 1.29 is 4.58 Å². The molecule has 1 aromatic carbocycles. The molecule has 0 aliphatic carbocycles. The molecule has 0 atom stereocenters. The molecule has 2 aliphatic heterocycles. The summed E-state index contributed by atoms with van der Waals surface area (Å²) in [5.74, 6) is 1.01. The number of amidine groups is 1. The third kappa shape index (κ3) is 1.18. The van der Waals surface area contributed by atoms with E-state index < -0.39 is 0 Å². The molecule has 0 saturated heterocycles. The Balaban J connectivity index is 2.08. The number of halogens is 1. The molecule has 4 rings (SSSR count). The molecule has 0 amide bonds. The van der Waals surface area contributed by atoms with Crippen LogP contribution in [-0.4, -0.2) is 26.3 Å². The molecule has 0 bridgehead atoms. The Labute approximate surface area is 109 Å². The van der Waals surface area contributed by atoms with E-state index in [1.54, 1.807) is 6.33 Å². The van der Waals surface area contributed by atoms with Gasteiger partial charge in [-0.2, -0.15) is 0 Å². The summed E-state index contributed by atoms with van der Waals surface area (Å²) in [6.07, 6.45) is 3.61. The van der Waals surface area contributed by atoms with E-state index in [-0.39, 0.29) is 0 Å². The van der Waals surface area contributed by atoms with Gasteiger partial charge in [0.1, 0.15) is 12.9 Å². The van der Waals surface area contributed by atoms with Gasteiger partial charge < -0.3 is 0 Å². The molecule has 0 N–H and O–H groups in total. The lowest BCUT2D eigenvalue weighted by Gasteiger charge is -2.10. The largest absolute Gasteiger partial charge is 0.298 e. The number of rotatable bonds is 0. The normalized spacial score (nSPS) is 15.7. The maximum Gasteiger partial charge on any atom is 0.275 e. The molecule has 18 heavy (non-hydrogen) atoms. The zero-order valence-corrected chi connectivity index (χ0v) is 10.5. The van der Waals surface area contributed by atoms with Crippen LogP contribution in [0.4, 0.5) is 0 Å². The van der Waals surface area contributed by atoms with Gasteiger partial charge in [0.05, 0.1) is 16.9 Å². The number of aliphatic imine (C=N–C) groups is 1. The first-order valence-electron chi connectivity index (χ1n) is 5.75. The molecule has 0 radical (unpaired) electrons. The second-order valence-corrected chi connectivity index (χ2v) is 4.93. The lowest BCUT2D eigenvalue weighted by atomic mass is 10.1. The molecule has 88 valence electrons. The third-order valence-electron chi connectivity index (χ3n) is 3.38. The lowest BCUT2D eigenvalue weighted by Crippen LogP contribution is -2.26. The molecule has 0 unspecified atom stereocenters. The number of fused-ring (bicyclic) bond motifs is 4. The van der Waals surface area contributed by atoms with Gasteiger partial charge in [0, 0.05) is 0 Å². The van der Waals surface area contributed by atoms with Gasteiger partial charge in [0.25, 0.3) is 5.84 Å². The minimum absolute atomic E-state index is 0.558. The number of aryl methyl sites for hydroxylation is 1. The van der Waals surface area contributed by atoms with E-state index in [9.17, 15) is 0 Å². The minimum Gasteiger partial charge on any atom is -0.298 e. The number of hydrogen-bond acceptors (Lipinski definition) is 2. The Morgan fingerprint density at radius 1 is 1.39 bits per heavy atom. The fraction of sp³-hybridized carbons (Fsp3) is 0.154. The van der Waals surface area contributed by atoms with E-state index in [4.69, 9.17) is 11.6 Å². The predicted molar refractivity (Wildman–Crippen MR) is 69.9 cm³/mol. The Hall–Kier alpha value is -1.94. The molecule has 4 nitrogen and oxygen atoms in total. The molecule has 3 heterocycles. The Bertz CT molecular complexity index is 739. The summed E-state index contributed by atoms with van der Waals surface area (Å²) in [4.78, 5) is 8.56. The van der Waals surface area contributed by atoms with Crippen LogP contribution in [-0.2, 0) is 6.54 Å². The van der Waals surface area contributed by atoms with Crippen molar-refractivity contribution in [1.82, 2.24) is 9.55 Å². The molecule has 2 aliphatic rings. The highest BCUT2D eigenvalue weighted by Gasteiger charge is 2.30. The van der Waals surface area contributed by atoms with Crippen molar-refractivity contribution in [3.63, 3.8) is 0 Å². The summed E-state index contributed by atoms with van der Waals surface area (Å²) in [6, 6.07) is 6.34. The first-order valence-corrected chi connectivity index (χ1v) is 6.13. The quantitative estimate of drug-likeness (QED) is 0.666. The zero-order chi connectivity index (χ0) is 12.3. The average molecular weight is 258 g/mol. The first kappa shape index (κ1) is 10.0. The Morgan fingerprint density at radius 3 is 3.06 bits per heavy atom. The van der Waals surface area contributed by atoms with Crippen LogP contribution in [0.15, 0.2) is 29.5 Å². The molecule has 0 saturated carbocycles. The lowest BCUT2D eigenvalue weighted by molar-refractivity contribution is -0.428. The average Bonchev–Trinajstić information content (AvgIpc) is 2.62. The highest BCUT2D eigenvalue weighted by atomic mass is 35.5. The Kier molecular flexibility index (Phi) is 1.84. The fourth-order valence-corrected chi connectivity index (χ4v) is 2.63. The summed E-state index contributed by atoms with van der Waals surface area (Å²) in [5, 5.41) is 0.558. The van der Waals surface area contributed by atoms with E-state index in [2.05, 4.69) is 39.7 Å². The topological polar surface area (TPSA) is 33.2 Å². The zero-order valence-electron chi connectivity index (χ0n) is 9.76. The molecule has 1 aromatic heterocycles. The highest BCUT2D eigenvalue weighted by Crippen LogP contribution is 2.28. The van der Waals surface area contributed by atoms with Gasteiger partial charge in [-0.1, -0.05) is 28.2 Å². The second-order valence-electron chi connectivity index (χ2n) is 4.57. The van der Waals surface area contributed by atoms with Gasteiger partial charge in [0.2, 0.25) is 6.34 Å². The van der Waals surface area contributed by atoms with Crippen molar-refractivity contribution in [2.75, 3.05) is 0 Å². The van der Waals surface area contributed by atoms with Crippen LogP contribution < -0.4 is 0 Å². The van der Waals surface area contributed by atoms with Gasteiger partial charge in [-0.25, -0.2) is 9.56 Å². The molecular formula is C13H10ClN4+. The van der Waals surface area contributed by atoms with Crippen LogP contribution in [0.25, 0.3) is 5.69 Å². The molecular weight excluding hydrogens is 248 g/mol. The van der Waals surface area contributed by atoms with Crippen LogP contribution in [0.2, 0.25) is 5.15 Å². The smallest absolute Gasteiger partial charge is 0.275 e. The van der Waals surface area contributed by atoms with Crippen molar-refractivity contribution in [2.45, 2.75) is 13.5 Å². The van der Waals surface area contributed by atoms with Crippen LogP contribution >= 0.6 is 11.6 Å². The summed E-state index contributed by atoms with van der Waals surface area (Å²) in [7, 11) is 0. The second kappa shape index (κ2) is 3.29. The van der Waals surface area contributed by atoms with Gasteiger partial charge >= 0.3 is 0 Å². The van der Waals surface area contributed by atoms with Crippen molar-refractivity contribution in [2.24, 2.45) is 4.99 Å². The highest BCUT2D eigenvalue weighted by molar-refractivity contribution is 6.30. The maximum absolute atomic E-state index is 6.15. The molecule has 2 aromatic rings. The van der Waals surface area contributed by atoms with Crippen molar-refractivity contribution in [3.05, 3.63) is 46.5 Å². The number of hydrogen-bond donors (Lipinski definition) is 0. The maximum atomic E-state index is 6.15. The molecule has 5 heteroatoms. The summed E-state index contributed by atoms with van der Waals surface area (Å²) < 4.78 is 4.15. The van der Waals surface area contributed by atoms with E-state index >= 15 is 0 Å². The van der Waals surface area contributed by atoms with Crippen LogP contribution in [0, 0.1) is 6.92 Å². The van der Waals surface area contributed by atoms with Crippen LogP contribution in [0.1, 0.15) is 16.8 Å². The summed E-state index contributed by atoms with van der Waals surface area (Å²) in [6.45, 7) is 2.80. The third-order valence-corrected chi connectivity index (χ3v) is 3.70. The van der Waals surface area contributed by atoms with Gasteiger partial charge in [-0.15, -0.1) is 0 Å². The standard InChI is InChI=1S/C13H10ClN4/c1-8-2-3-10-9(4-8)13-16-6-17(13)5-11-12(14)15-7-18(10)11/h2-4,6-7H,5H2,1H3/q+1.